The topological polar surface area (TPSA) is 125 Å². The Balaban J connectivity index is 1.89. The highest BCUT2D eigenvalue weighted by Crippen LogP contribution is 2.29. The number of nitrogens with zero attached hydrogens (tertiary/aromatic N) is 2. The van der Waals surface area contributed by atoms with Gasteiger partial charge in [-0.15, -0.1) is 5.48 Å². The largest absolute Gasteiger partial charge is 0.480 e. The summed E-state index contributed by atoms with van der Waals surface area (Å²) < 4.78 is 4.97. The van der Waals surface area contributed by atoms with Gasteiger partial charge in [-0.25, -0.2) is 14.4 Å². The van der Waals surface area contributed by atoms with Crippen molar-refractivity contribution in [3.05, 3.63) is 0 Å². The molecule has 3 amide bonds. The molecule has 0 aromatic heterocycles. The molecular formula is C16H25N3O7. The lowest BCUT2D eigenvalue weighted by Gasteiger charge is -2.33. The summed E-state index contributed by atoms with van der Waals surface area (Å²) in [6.07, 6.45) is -0.220. The molecule has 0 saturated carbocycles. The zero-order valence-corrected chi connectivity index (χ0v) is 15.2. The second-order valence-electron chi connectivity index (χ2n) is 7.38. The van der Waals surface area contributed by atoms with Crippen LogP contribution >= 0.6 is 0 Å². The second-order valence-corrected chi connectivity index (χ2v) is 7.38. The number of aliphatic carboxylic acids is 1. The molecule has 2 rings (SSSR count). The highest BCUT2D eigenvalue weighted by Gasteiger charge is 2.42. The molecule has 26 heavy (non-hydrogen) atoms. The van der Waals surface area contributed by atoms with Gasteiger partial charge in [0.05, 0.1) is 0 Å². The number of carboxylic acids is 1. The van der Waals surface area contributed by atoms with Crippen molar-refractivity contribution in [2.24, 2.45) is 0 Å². The summed E-state index contributed by atoms with van der Waals surface area (Å²) in [5, 5.41) is 9.24. The number of amides is 3. The molecule has 10 heteroatoms. The van der Waals surface area contributed by atoms with Crippen LogP contribution in [0.2, 0.25) is 0 Å². The zero-order chi connectivity index (χ0) is 19.5. The van der Waals surface area contributed by atoms with Crippen LogP contribution in [0.15, 0.2) is 0 Å². The van der Waals surface area contributed by atoms with Gasteiger partial charge in [0, 0.05) is 25.6 Å². The lowest BCUT2D eigenvalue weighted by Crippen LogP contribution is -2.50. The van der Waals surface area contributed by atoms with E-state index in [-0.39, 0.29) is 24.9 Å². The van der Waals surface area contributed by atoms with Crippen molar-refractivity contribution in [1.29, 1.82) is 0 Å². The summed E-state index contributed by atoms with van der Waals surface area (Å²) >= 11 is 0. The Morgan fingerprint density at radius 1 is 1.15 bits per heavy atom. The van der Waals surface area contributed by atoms with Gasteiger partial charge in [0.2, 0.25) is 5.91 Å². The van der Waals surface area contributed by atoms with Gasteiger partial charge in [-0.2, -0.15) is 0 Å². The van der Waals surface area contributed by atoms with Crippen molar-refractivity contribution in [2.45, 2.75) is 64.1 Å². The maximum Gasteiger partial charge on any atom is 0.441 e. The van der Waals surface area contributed by atoms with Crippen LogP contribution in [0.25, 0.3) is 0 Å². The molecule has 2 fully saturated rings. The van der Waals surface area contributed by atoms with Crippen molar-refractivity contribution in [2.75, 3.05) is 13.1 Å². The third-order valence-corrected chi connectivity index (χ3v) is 4.28. The Labute approximate surface area is 151 Å². The van der Waals surface area contributed by atoms with Gasteiger partial charge in [0.15, 0.2) is 0 Å². The normalized spacial score (nSPS) is 23.6. The smallest absolute Gasteiger partial charge is 0.441 e. The first-order valence-corrected chi connectivity index (χ1v) is 8.57. The fraction of sp³-hybridized carbons (Fsp3) is 0.750. The molecule has 0 aliphatic carbocycles. The van der Waals surface area contributed by atoms with E-state index in [0.29, 0.717) is 25.8 Å². The van der Waals surface area contributed by atoms with Crippen LogP contribution in [-0.4, -0.2) is 69.7 Å². The summed E-state index contributed by atoms with van der Waals surface area (Å²) in [5.74, 6) is -1.29. The lowest BCUT2D eigenvalue weighted by atomic mass is 10.1. The highest BCUT2D eigenvalue weighted by atomic mass is 16.7. The Kier molecular flexibility index (Phi) is 5.94. The summed E-state index contributed by atoms with van der Waals surface area (Å²) in [5.41, 5.74) is 1.20. The number of nitrogens with one attached hydrogen (secondary N) is 1. The summed E-state index contributed by atoms with van der Waals surface area (Å²) in [7, 11) is 0. The van der Waals surface area contributed by atoms with E-state index in [9.17, 15) is 24.3 Å². The molecule has 2 unspecified atom stereocenters. The summed E-state index contributed by atoms with van der Waals surface area (Å²) in [6, 6.07) is -1.00. The van der Waals surface area contributed by atoms with Crippen LogP contribution in [0.5, 0.6) is 0 Å². The van der Waals surface area contributed by atoms with Crippen LogP contribution in [0.4, 0.5) is 9.59 Å². The maximum atomic E-state index is 12.3. The standard InChI is InChI=1S/C16H25N3O7/c1-16(2,3)25-14(23)17-26-15(24)18-8-6-10-4-5-11(13(21)22)19(10)12(20)7-9-18/h10-11H,4-9H2,1-3H3,(H,17,23)(H,21,22). The Morgan fingerprint density at radius 3 is 2.46 bits per heavy atom. The number of rotatable bonds is 1. The van der Waals surface area contributed by atoms with E-state index in [1.54, 1.807) is 20.8 Å². The van der Waals surface area contributed by atoms with Crippen molar-refractivity contribution < 1.29 is 33.9 Å². The van der Waals surface area contributed by atoms with Crippen LogP contribution < -0.4 is 5.48 Å². The predicted molar refractivity (Wildman–Crippen MR) is 87.9 cm³/mol. The molecule has 10 nitrogen and oxygen atoms in total. The quantitative estimate of drug-likeness (QED) is 0.661. The van der Waals surface area contributed by atoms with Gasteiger partial charge >= 0.3 is 18.2 Å². The number of carbonyl (C=O) groups is 4. The predicted octanol–water partition coefficient (Wildman–Crippen LogP) is 1.10. The van der Waals surface area contributed by atoms with E-state index in [1.807, 2.05) is 5.48 Å². The van der Waals surface area contributed by atoms with Crippen LogP contribution in [0.1, 0.15) is 46.5 Å². The molecule has 2 saturated heterocycles. The minimum absolute atomic E-state index is 0.00180. The molecule has 2 atom stereocenters. The van der Waals surface area contributed by atoms with E-state index in [2.05, 4.69) is 0 Å². The zero-order valence-electron chi connectivity index (χ0n) is 15.2. The minimum atomic E-state index is -1.00. The van der Waals surface area contributed by atoms with Crippen molar-refractivity contribution in [1.82, 2.24) is 15.3 Å². The number of carboxylic acid groups (broad SMARTS) is 1. The molecule has 0 aromatic rings. The number of ether oxygens (including phenoxy) is 1. The van der Waals surface area contributed by atoms with Gasteiger partial charge in [0.25, 0.3) is 0 Å². The lowest BCUT2D eigenvalue weighted by molar-refractivity contribution is -0.150. The van der Waals surface area contributed by atoms with Crippen LogP contribution in [0.3, 0.4) is 0 Å². The summed E-state index contributed by atoms with van der Waals surface area (Å²) in [4.78, 5) is 54.8. The molecule has 146 valence electrons. The fourth-order valence-electron chi connectivity index (χ4n) is 3.19. The molecule has 2 N–H and O–H groups in total. The first-order valence-electron chi connectivity index (χ1n) is 8.57. The highest BCUT2D eigenvalue weighted by molar-refractivity contribution is 5.85. The number of hydroxylamine groups is 1. The Bertz CT molecular complexity index is 587. The first-order chi connectivity index (χ1) is 12.1. The number of hydrogen-bond donors (Lipinski definition) is 2. The monoisotopic (exact) mass is 371 g/mol. The van der Waals surface area contributed by atoms with Crippen LogP contribution in [-0.2, 0) is 19.2 Å². The molecule has 0 bridgehead atoms. The first kappa shape index (κ1) is 19.8. The third kappa shape index (κ3) is 4.99. The van der Waals surface area contributed by atoms with E-state index >= 15 is 0 Å². The third-order valence-electron chi connectivity index (χ3n) is 4.28. The Morgan fingerprint density at radius 2 is 1.85 bits per heavy atom. The summed E-state index contributed by atoms with van der Waals surface area (Å²) in [6.45, 7) is 5.42. The van der Waals surface area contributed by atoms with E-state index in [0.717, 1.165) is 0 Å². The second kappa shape index (κ2) is 7.79. The Hall–Kier alpha value is -2.52. The number of fused-ring (bicyclic) bond motifs is 1. The van der Waals surface area contributed by atoms with Crippen molar-refractivity contribution in [3.8, 4) is 0 Å². The van der Waals surface area contributed by atoms with Gasteiger partial charge < -0.3 is 24.5 Å². The van der Waals surface area contributed by atoms with E-state index in [4.69, 9.17) is 9.57 Å². The number of hydrogen-bond acceptors (Lipinski definition) is 6. The maximum absolute atomic E-state index is 12.3. The molecule has 0 aromatic carbocycles. The van der Waals surface area contributed by atoms with Gasteiger partial charge in [-0.1, -0.05) is 0 Å². The van der Waals surface area contributed by atoms with Crippen molar-refractivity contribution >= 4 is 24.1 Å². The van der Waals surface area contributed by atoms with Gasteiger partial charge in [-0.3, -0.25) is 4.79 Å². The van der Waals surface area contributed by atoms with Gasteiger partial charge in [0.1, 0.15) is 11.6 Å². The fourth-order valence-corrected chi connectivity index (χ4v) is 3.19. The SMILES string of the molecule is CC(C)(C)OC(=O)NOC(=O)N1CCC(=O)N2C(CCC2C(=O)O)CC1. The average Bonchev–Trinajstić information content (AvgIpc) is 2.92. The molecule has 2 heterocycles. The molecule has 0 radical (unpaired) electrons. The molecule has 2 aliphatic rings. The van der Waals surface area contributed by atoms with E-state index < -0.39 is 29.8 Å². The minimum Gasteiger partial charge on any atom is -0.480 e. The average molecular weight is 371 g/mol. The van der Waals surface area contributed by atoms with Crippen LogP contribution in [0, 0.1) is 0 Å². The molecule has 2 aliphatic heterocycles. The number of carbonyl (C=O) groups excluding carboxylic acids is 3. The molecule has 0 spiro atoms. The molecular weight excluding hydrogens is 346 g/mol. The van der Waals surface area contributed by atoms with Crippen molar-refractivity contribution in [3.63, 3.8) is 0 Å². The van der Waals surface area contributed by atoms with Gasteiger partial charge in [-0.05, 0) is 40.0 Å². The van der Waals surface area contributed by atoms with E-state index in [1.165, 1.54) is 9.80 Å².